The van der Waals surface area contributed by atoms with Crippen molar-refractivity contribution in [3.63, 3.8) is 0 Å². The van der Waals surface area contributed by atoms with Crippen LogP contribution < -0.4 is 16.0 Å². The molecule has 0 radical (unpaired) electrons. The smallest absolute Gasteiger partial charge is 0.238 e. The average Bonchev–Trinajstić information content (AvgIpc) is 2.96. The molecule has 7 nitrogen and oxygen atoms in total. The van der Waals surface area contributed by atoms with E-state index >= 15 is 0 Å². The number of hydrogen-bond donors (Lipinski definition) is 3. The van der Waals surface area contributed by atoms with Gasteiger partial charge >= 0.3 is 0 Å². The van der Waals surface area contributed by atoms with E-state index in [0.29, 0.717) is 24.0 Å². The van der Waals surface area contributed by atoms with Crippen molar-refractivity contribution in [2.24, 2.45) is 5.92 Å². The summed E-state index contributed by atoms with van der Waals surface area (Å²) in [7, 11) is 0. The molecular weight excluding hydrogens is 352 g/mol. The Morgan fingerprint density at radius 2 is 2.33 bits per heavy atom. The zero-order valence-electron chi connectivity index (χ0n) is 14.0. The number of amides is 2. The molecule has 0 spiro atoms. The Labute approximate surface area is 152 Å². The van der Waals surface area contributed by atoms with Crippen LogP contribution in [0.15, 0.2) is 10.6 Å². The maximum Gasteiger partial charge on any atom is 0.238 e. The second-order valence-corrected chi connectivity index (χ2v) is 7.11. The highest BCUT2D eigenvalue weighted by molar-refractivity contribution is 8.01. The lowest BCUT2D eigenvalue weighted by Crippen LogP contribution is -2.38. The normalized spacial score (nSPS) is 18.3. The van der Waals surface area contributed by atoms with Gasteiger partial charge in [0, 0.05) is 12.6 Å². The third-order valence-electron chi connectivity index (χ3n) is 3.70. The number of rotatable bonds is 7. The molecule has 1 saturated heterocycles. The van der Waals surface area contributed by atoms with Gasteiger partial charge in [-0.2, -0.15) is 0 Å². The molecule has 24 heavy (non-hydrogen) atoms. The van der Waals surface area contributed by atoms with E-state index in [1.165, 1.54) is 11.8 Å². The summed E-state index contributed by atoms with van der Waals surface area (Å²) >= 11 is 1.31. The van der Waals surface area contributed by atoms with Crippen LogP contribution in [-0.4, -0.2) is 47.6 Å². The van der Waals surface area contributed by atoms with Crippen LogP contribution >= 0.6 is 24.2 Å². The number of aromatic nitrogens is 1. The summed E-state index contributed by atoms with van der Waals surface area (Å²) in [6.45, 7) is 6.25. The van der Waals surface area contributed by atoms with E-state index in [9.17, 15) is 9.59 Å². The minimum atomic E-state index is -0.339. The van der Waals surface area contributed by atoms with Crippen molar-refractivity contribution in [1.29, 1.82) is 0 Å². The molecule has 0 bridgehead atoms. The van der Waals surface area contributed by atoms with Gasteiger partial charge in [0.25, 0.3) is 0 Å². The predicted octanol–water partition coefficient (Wildman–Crippen LogP) is 1.58. The van der Waals surface area contributed by atoms with Gasteiger partial charge in [-0.3, -0.25) is 9.59 Å². The van der Waals surface area contributed by atoms with E-state index in [2.05, 4.69) is 21.1 Å². The topological polar surface area (TPSA) is 96.3 Å². The minimum absolute atomic E-state index is 0. The Hall–Kier alpha value is -1.25. The number of hydrogen-bond acceptors (Lipinski definition) is 6. The van der Waals surface area contributed by atoms with E-state index in [4.69, 9.17) is 4.52 Å². The number of anilines is 1. The van der Waals surface area contributed by atoms with Gasteiger partial charge in [0.1, 0.15) is 5.76 Å². The van der Waals surface area contributed by atoms with Crippen LogP contribution in [0.2, 0.25) is 0 Å². The van der Waals surface area contributed by atoms with Crippen LogP contribution in [0.5, 0.6) is 0 Å². The van der Waals surface area contributed by atoms with Gasteiger partial charge in [0.15, 0.2) is 5.82 Å². The molecule has 2 amide bonds. The van der Waals surface area contributed by atoms with Gasteiger partial charge in [-0.05, 0) is 45.7 Å². The molecule has 0 saturated carbocycles. The van der Waals surface area contributed by atoms with Crippen LogP contribution in [0.25, 0.3) is 0 Å². The second kappa shape index (κ2) is 10.6. The fourth-order valence-corrected chi connectivity index (χ4v) is 3.05. The predicted molar refractivity (Wildman–Crippen MR) is 97.6 cm³/mol. The first kappa shape index (κ1) is 20.8. The van der Waals surface area contributed by atoms with Crippen LogP contribution in [0, 0.1) is 12.8 Å². The zero-order valence-corrected chi connectivity index (χ0v) is 15.6. The quantitative estimate of drug-likeness (QED) is 0.668. The van der Waals surface area contributed by atoms with Crippen LogP contribution in [-0.2, 0) is 9.59 Å². The van der Waals surface area contributed by atoms with Gasteiger partial charge in [-0.1, -0.05) is 5.16 Å². The molecule has 1 aromatic heterocycles. The first-order valence-electron chi connectivity index (χ1n) is 7.88. The SMILES string of the molecule is Cc1cc(NC(=O)C(C)SCC(=O)NCC2CCCNC2)no1.Cl. The summed E-state index contributed by atoms with van der Waals surface area (Å²) < 4.78 is 4.89. The van der Waals surface area contributed by atoms with E-state index in [1.807, 2.05) is 0 Å². The van der Waals surface area contributed by atoms with E-state index in [1.54, 1.807) is 19.9 Å². The summed E-state index contributed by atoms with van der Waals surface area (Å²) in [5, 5.41) is 12.3. The van der Waals surface area contributed by atoms with Crippen molar-refractivity contribution in [2.75, 3.05) is 30.7 Å². The van der Waals surface area contributed by atoms with Crippen molar-refractivity contribution >= 4 is 41.8 Å². The molecule has 0 aliphatic carbocycles. The molecule has 3 N–H and O–H groups in total. The van der Waals surface area contributed by atoms with E-state index in [0.717, 1.165) is 25.9 Å². The lowest BCUT2D eigenvalue weighted by atomic mass is 10.00. The maximum absolute atomic E-state index is 12.0. The minimum Gasteiger partial charge on any atom is -0.360 e. The Morgan fingerprint density at radius 1 is 1.54 bits per heavy atom. The molecular formula is C15H25ClN4O3S. The summed E-state index contributed by atoms with van der Waals surface area (Å²) in [4.78, 5) is 23.8. The Morgan fingerprint density at radius 3 is 2.96 bits per heavy atom. The maximum atomic E-state index is 12.0. The molecule has 2 heterocycles. The molecule has 0 aromatic carbocycles. The molecule has 2 atom stereocenters. The number of thioether (sulfide) groups is 1. The average molecular weight is 377 g/mol. The number of carbonyl (C=O) groups is 2. The number of piperidine rings is 1. The third-order valence-corrected chi connectivity index (χ3v) is 4.84. The highest BCUT2D eigenvalue weighted by atomic mass is 35.5. The molecule has 1 aliphatic heterocycles. The molecule has 9 heteroatoms. The van der Waals surface area contributed by atoms with Crippen molar-refractivity contribution in [2.45, 2.75) is 31.9 Å². The van der Waals surface area contributed by atoms with Crippen molar-refractivity contribution in [3.8, 4) is 0 Å². The summed E-state index contributed by atoms with van der Waals surface area (Å²) in [5.74, 6) is 1.59. The molecule has 1 fully saturated rings. The Balaban J connectivity index is 0.00000288. The Kier molecular flexibility index (Phi) is 9.17. The second-order valence-electron chi connectivity index (χ2n) is 5.78. The van der Waals surface area contributed by atoms with Gasteiger partial charge in [-0.25, -0.2) is 0 Å². The van der Waals surface area contributed by atoms with Crippen LogP contribution in [0.4, 0.5) is 5.82 Å². The zero-order chi connectivity index (χ0) is 16.7. The molecule has 2 rings (SSSR count). The lowest BCUT2D eigenvalue weighted by molar-refractivity contribution is -0.118. The van der Waals surface area contributed by atoms with Gasteiger partial charge in [0.05, 0.1) is 11.0 Å². The summed E-state index contributed by atoms with van der Waals surface area (Å²) in [6.07, 6.45) is 2.31. The first-order chi connectivity index (χ1) is 11.0. The fraction of sp³-hybridized carbons (Fsp3) is 0.667. The van der Waals surface area contributed by atoms with Crippen LogP contribution in [0.3, 0.4) is 0 Å². The standard InChI is InChI=1S/C15H24N4O3S.ClH/c1-10-6-13(19-22-10)18-15(21)11(2)23-9-14(20)17-8-12-4-3-5-16-7-12;/h6,11-12,16H,3-5,7-9H2,1-2H3,(H,17,20)(H,18,19,21);1H. The molecule has 1 aromatic rings. The van der Waals surface area contributed by atoms with E-state index < -0.39 is 0 Å². The number of nitrogens with zero attached hydrogens (tertiary/aromatic N) is 1. The van der Waals surface area contributed by atoms with Crippen molar-refractivity contribution in [1.82, 2.24) is 15.8 Å². The number of carbonyl (C=O) groups excluding carboxylic acids is 2. The summed E-state index contributed by atoms with van der Waals surface area (Å²) in [6, 6.07) is 1.65. The monoisotopic (exact) mass is 376 g/mol. The lowest BCUT2D eigenvalue weighted by Gasteiger charge is -2.22. The molecule has 1 aliphatic rings. The van der Waals surface area contributed by atoms with E-state index in [-0.39, 0.29) is 35.2 Å². The molecule has 136 valence electrons. The summed E-state index contributed by atoms with van der Waals surface area (Å²) in [5.41, 5.74) is 0. The van der Waals surface area contributed by atoms with Gasteiger partial charge in [0.2, 0.25) is 11.8 Å². The third kappa shape index (κ3) is 7.11. The Bertz CT molecular complexity index is 535. The highest BCUT2D eigenvalue weighted by Gasteiger charge is 2.18. The molecule has 2 unspecified atom stereocenters. The number of nitrogens with one attached hydrogen (secondary N) is 3. The number of halogens is 1. The van der Waals surface area contributed by atoms with Crippen LogP contribution in [0.1, 0.15) is 25.5 Å². The number of aryl methyl sites for hydroxylation is 1. The largest absolute Gasteiger partial charge is 0.360 e. The van der Waals surface area contributed by atoms with Gasteiger partial charge in [-0.15, -0.1) is 24.2 Å². The highest BCUT2D eigenvalue weighted by Crippen LogP contribution is 2.14. The fourth-order valence-electron chi connectivity index (χ4n) is 2.34. The first-order valence-corrected chi connectivity index (χ1v) is 8.92. The van der Waals surface area contributed by atoms with Gasteiger partial charge < -0.3 is 20.5 Å². The van der Waals surface area contributed by atoms with Crippen molar-refractivity contribution in [3.05, 3.63) is 11.8 Å². The van der Waals surface area contributed by atoms with Crippen molar-refractivity contribution < 1.29 is 14.1 Å².